The van der Waals surface area contributed by atoms with Crippen molar-refractivity contribution >= 4 is 17.6 Å². The van der Waals surface area contributed by atoms with Crippen molar-refractivity contribution in [2.24, 2.45) is 0 Å². The fourth-order valence-electron chi connectivity index (χ4n) is 2.64. The Morgan fingerprint density at radius 1 is 1.08 bits per heavy atom. The van der Waals surface area contributed by atoms with Gasteiger partial charge in [0, 0.05) is 32.2 Å². The number of nitrogens with one attached hydrogen (secondary N) is 1. The molecule has 3 heterocycles. The van der Waals surface area contributed by atoms with Gasteiger partial charge in [0.1, 0.15) is 11.5 Å². The van der Waals surface area contributed by atoms with E-state index in [0.717, 1.165) is 0 Å². The molecule has 8 heteroatoms. The minimum Gasteiger partial charge on any atom is -0.459 e. The molecule has 0 unspecified atom stereocenters. The van der Waals surface area contributed by atoms with Gasteiger partial charge in [-0.2, -0.15) is 0 Å². The Balaban J connectivity index is 1.57. The molecule has 0 aromatic carbocycles. The third kappa shape index (κ3) is 3.96. The van der Waals surface area contributed by atoms with Gasteiger partial charge in [0.2, 0.25) is 0 Å². The van der Waals surface area contributed by atoms with Gasteiger partial charge < -0.3 is 19.5 Å². The summed E-state index contributed by atoms with van der Waals surface area (Å²) in [5.41, 5.74) is 0.306. The van der Waals surface area contributed by atoms with Crippen LogP contribution in [0.2, 0.25) is 0 Å². The number of furan rings is 1. The monoisotopic (exact) mass is 343 g/mol. The highest BCUT2D eigenvalue weighted by Gasteiger charge is 2.27. The van der Waals surface area contributed by atoms with Gasteiger partial charge in [0.05, 0.1) is 18.7 Å². The molecule has 2 amide bonds. The fourth-order valence-corrected chi connectivity index (χ4v) is 2.64. The molecule has 0 saturated carbocycles. The molecule has 0 spiro atoms. The minimum atomic E-state index is -0.173. The minimum absolute atomic E-state index is 0.152. The fraction of sp³-hybridized carbons (Fsp3) is 0.412. The molecule has 1 aliphatic heterocycles. The van der Waals surface area contributed by atoms with Gasteiger partial charge in [0.25, 0.3) is 11.8 Å². The highest BCUT2D eigenvalue weighted by atomic mass is 16.3. The molecule has 1 aliphatic rings. The van der Waals surface area contributed by atoms with Crippen LogP contribution in [-0.2, 0) is 0 Å². The zero-order valence-corrected chi connectivity index (χ0v) is 14.3. The van der Waals surface area contributed by atoms with Gasteiger partial charge in [-0.15, -0.1) is 0 Å². The predicted molar refractivity (Wildman–Crippen MR) is 91.3 cm³/mol. The lowest BCUT2D eigenvalue weighted by molar-refractivity contribution is 0.0515. The summed E-state index contributed by atoms with van der Waals surface area (Å²) in [5, 5.41) is 3.13. The Labute approximate surface area is 145 Å². The van der Waals surface area contributed by atoms with Crippen molar-refractivity contribution in [3.05, 3.63) is 42.2 Å². The summed E-state index contributed by atoms with van der Waals surface area (Å²) in [6, 6.07) is 3.57. The Bertz CT molecular complexity index is 719. The van der Waals surface area contributed by atoms with E-state index in [1.54, 1.807) is 28.1 Å². The van der Waals surface area contributed by atoms with Crippen LogP contribution in [0.5, 0.6) is 0 Å². The van der Waals surface area contributed by atoms with Crippen LogP contribution in [0.3, 0.4) is 0 Å². The molecule has 1 saturated heterocycles. The molecule has 2 aromatic heterocycles. The van der Waals surface area contributed by atoms with Crippen molar-refractivity contribution in [1.29, 1.82) is 0 Å². The second kappa shape index (κ2) is 7.33. The van der Waals surface area contributed by atoms with Crippen molar-refractivity contribution in [2.75, 3.05) is 31.5 Å². The number of piperazine rings is 1. The summed E-state index contributed by atoms with van der Waals surface area (Å²) in [5.74, 6) is 0.633. The van der Waals surface area contributed by atoms with Crippen LogP contribution in [0.1, 0.15) is 34.9 Å². The maximum Gasteiger partial charge on any atom is 0.289 e. The molecule has 0 aliphatic carbocycles. The second-order valence-electron chi connectivity index (χ2n) is 6.15. The van der Waals surface area contributed by atoms with Gasteiger partial charge in [0.15, 0.2) is 5.76 Å². The maximum atomic E-state index is 12.5. The first kappa shape index (κ1) is 16.9. The van der Waals surface area contributed by atoms with Crippen LogP contribution >= 0.6 is 0 Å². The Morgan fingerprint density at radius 3 is 2.28 bits per heavy atom. The molecule has 2 aromatic rings. The number of anilines is 1. The van der Waals surface area contributed by atoms with Gasteiger partial charge in [-0.1, -0.05) is 0 Å². The maximum absolute atomic E-state index is 12.5. The molecule has 0 atom stereocenters. The first-order valence-electron chi connectivity index (χ1n) is 8.25. The molecule has 3 rings (SSSR count). The molecular formula is C17H21N5O3. The van der Waals surface area contributed by atoms with E-state index >= 15 is 0 Å². The van der Waals surface area contributed by atoms with Gasteiger partial charge in [-0.25, -0.2) is 9.97 Å². The highest BCUT2D eigenvalue weighted by molar-refractivity contribution is 5.93. The zero-order chi connectivity index (χ0) is 17.8. The van der Waals surface area contributed by atoms with Crippen LogP contribution in [0.4, 0.5) is 5.82 Å². The average molecular weight is 343 g/mol. The first-order valence-corrected chi connectivity index (χ1v) is 8.25. The average Bonchev–Trinajstić information content (AvgIpc) is 3.15. The van der Waals surface area contributed by atoms with Crippen molar-refractivity contribution in [1.82, 2.24) is 19.8 Å². The van der Waals surface area contributed by atoms with Crippen LogP contribution in [0.15, 0.2) is 35.2 Å². The third-order valence-electron chi connectivity index (χ3n) is 3.89. The van der Waals surface area contributed by atoms with Crippen molar-refractivity contribution < 1.29 is 14.0 Å². The summed E-state index contributed by atoms with van der Waals surface area (Å²) in [4.78, 5) is 36.5. The number of carbonyl (C=O) groups is 2. The normalized spacial score (nSPS) is 14.7. The Hall–Kier alpha value is -2.90. The van der Waals surface area contributed by atoms with Crippen LogP contribution in [-0.4, -0.2) is 63.8 Å². The van der Waals surface area contributed by atoms with E-state index in [1.165, 1.54) is 12.5 Å². The number of hydrogen-bond acceptors (Lipinski definition) is 6. The number of aromatic nitrogens is 2. The van der Waals surface area contributed by atoms with E-state index in [1.807, 2.05) is 13.8 Å². The smallest absolute Gasteiger partial charge is 0.289 e. The quantitative estimate of drug-likeness (QED) is 0.904. The van der Waals surface area contributed by atoms with E-state index in [-0.39, 0.29) is 17.9 Å². The van der Waals surface area contributed by atoms with Gasteiger partial charge in [-0.3, -0.25) is 9.59 Å². The van der Waals surface area contributed by atoms with Gasteiger partial charge >= 0.3 is 0 Å². The lowest BCUT2D eigenvalue weighted by Gasteiger charge is -2.34. The Kier molecular flexibility index (Phi) is 4.97. The molecule has 1 fully saturated rings. The summed E-state index contributed by atoms with van der Waals surface area (Å²) in [7, 11) is 0. The van der Waals surface area contributed by atoms with Crippen LogP contribution < -0.4 is 5.32 Å². The van der Waals surface area contributed by atoms with Crippen molar-refractivity contribution in [3.8, 4) is 0 Å². The van der Waals surface area contributed by atoms with Crippen LogP contribution in [0.25, 0.3) is 0 Å². The SMILES string of the molecule is CC(C)Nc1cnc(C(=O)N2CCN(C(=O)c3ccco3)CC2)cn1. The van der Waals surface area contributed by atoms with Crippen molar-refractivity contribution in [2.45, 2.75) is 19.9 Å². The summed E-state index contributed by atoms with van der Waals surface area (Å²) >= 11 is 0. The van der Waals surface area contributed by atoms with Crippen LogP contribution in [0, 0.1) is 0 Å². The molecule has 132 valence electrons. The summed E-state index contributed by atoms with van der Waals surface area (Å²) in [6.07, 6.45) is 4.51. The standard InChI is InChI=1S/C17H21N5O3/c1-12(2)20-15-11-18-13(10-19-15)16(23)21-5-7-22(8-6-21)17(24)14-4-3-9-25-14/h3-4,9-12H,5-8H2,1-2H3,(H,19,20). The van der Waals surface area contributed by atoms with E-state index < -0.39 is 0 Å². The topological polar surface area (TPSA) is 91.6 Å². The molecule has 1 N–H and O–H groups in total. The number of rotatable bonds is 4. The summed E-state index contributed by atoms with van der Waals surface area (Å²) in [6.45, 7) is 5.85. The molecule has 0 radical (unpaired) electrons. The Morgan fingerprint density at radius 2 is 1.76 bits per heavy atom. The number of nitrogens with zero attached hydrogens (tertiary/aromatic N) is 4. The second-order valence-corrected chi connectivity index (χ2v) is 6.15. The molecule has 25 heavy (non-hydrogen) atoms. The highest BCUT2D eigenvalue weighted by Crippen LogP contribution is 2.12. The first-order chi connectivity index (χ1) is 12.0. The molecule has 8 nitrogen and oxygen atoms in total. The van der Waals surface area contributed by atoms with E-state index in [4.69, 9.17) is 4.42 Å². The van der Waals surface area contributed by atoms with Gasteiger partial charge in [-0.05, 0) is 26.0 Å². The molecular weight excluding hydrogens is 322 g/mol. The van der Waals surface area contributed by atoms with E-state index in [0.29, 0.717) is 43.5 Å². The van der Waals surface area contributed by atoms with E-state index in [9.17, 15) is 9.59 Å². The molecule has 0 bridgehead atoms. The largest absolute Gasteiger partial charge is 0.459 e. The van der Waals surface area contributed by atoms with Crippen molar-refractivity contribution in [3.63, 3.8) is 0 Å². The summed E-state index contributed by atoms with van der Waals surface area (Å²) < 4.78 is 5.13. The number of hydrogen-bond donors (Lipinski definition) is 1. The van der Waals surface area contributed by atoms with E-state index in [2.05, 4.69) is 15.3 Å². The number of carbonyl (C=O) groups excluding carboxylic acids is 2. The number of amides is 2. The lowest BCUT2D eigenvalue weighted by atomic mass is 10.2. The third-order valence-corrected chi connectivity index (χ3v) is 3.89. The lowest BCUT2D eigenvalue weighted by Crippen LogP contribution is -2.50. The zero-order valence-electron chi connectivity index (χ0n) is 14.3. The predicted octanol–water partition coefficient (Wildman–Crippen LogP) is 1.49.